The number of esters is 9. The first-order valence-corrected chi connectivity index (χ1v) is 57.4. The fourth-order valence-corrected chi connectivity index (χ4v) is 28.0. The van der Waals surface area contributed by atoms with Crippen molar-refractivity contribution in [1.82, 2.24) is 0 Å². The zero-order valence-corrected chi connectivity index (χ0v) is 94.1. The number of hydrogen-bond donors (Lipinski definition) is 0. The van der Waals surface area contributed by atoms with Crippen LogP contribution in [0.5, 0.6) is 5.75 Å². The van der Waals surface area contributed by atoms with Gasteiger partial charge in [0, 0.05) is 5.88 Å². The van der Waals surface area contributed by atoms with Crippen LogP contribution < -0.4 is 4.74 Å². The van der Waals surface area contributed by atoms with Gasteiger partial charge in [-0.05, 0) is 427 Å². The van der Waals surface area contributed by atoms with Gasteiger partial charge in [-0.15, -0.1) is 11.6 Å². The summed E-state index contributed by atoms with van der Waals surface area (Å²) in [4.78, 5) is 117. The Bertz CT molecular complexity index is 4850. The quantitative estimate of drug-likeness (QED) is 0.0153. The second kappa shape index (κ2) is 51.7. The zero-order chi connectivity index (χ0) is 107. The van der Waals surface area contributed by atoms with Gasteiger partial charge in [0.1, 0.15) is 68.8 Å². The van der Waals surface area contributed by atoms with Gasteiger partial charge < -0.3 is 47.4 Å². The molecule has 12 bridgehead atoms. The standard InChI is InChI=1S/C28H39ClO4.C28H40O5.C25H36O2.2C23H34O4/c1-5-28(18-29,17-26(2,3)24(30)32-16-19-9-7-6-8-10-19)25(31)33-27(4)22-12-20-11-21(14-22)15-23(27)13-20;1-5-28(4,26(30)33-24-21-14-19-13-20(16-21)17-22(24)15-19)18-27(2,3)25(29)32-12-11-31-23-9-7-6-8-10-23;1-5-19(20-8-6-16(2)7-9-20)15-25(3,4)24(26)27-23-21-11-17-10-18(13-21)14-22(23)12-17;2*1-5-23(4,21(25)27-19-14-10-7-11-15-19)17-22(2,3)20(24)26-16-18-12-8-6-9-13-18/h6-10,20-23H,5,11-18H2,1-4H3;6-10,19-22,24H,5,11-18H2,1-4H3;6-9,17-19,21-23H,5,10-15H2,1-4H3;2*6,8-9,12-13,19H,5,7,10-11,14-17H2,1-4H3. The lowest BCUT2D eigenvalue weighted by Gasteiger charge is -2.59. The van der Waals surface area contributed by atoms with Gasteiger partial charge in [0.2, 0.25) is 0 Å². The molecule has 5 aromatic rings. The van der Waals surface area contributed by atoms with E-state index in [9.17, 15) is 43.2 Å². The van der Waals surface area contributed by atoms with E-state index in [-0.39, 0.29) is 110 Å². The van der Waals surface area contributed by atoms with Crippen LogP contribution >= 0.6 is 11.6 Å². The van der Waals surface area contributed by atoms with Crippen molar-refractivity contribution in [2.45, 2.75) is 419 Å². The Morgan fingerprint density at radius 1 is 0.340 bits per heavy atom. The van der Waals surface area contributed by atoms with Gasteiger partial charge in [0.05, 0.1) is 48.7 Å². The third-order valence-corrected chi connectivity index (χ3v) is 37.0. The Balaban J connectivity index is 0.000000164. The SMILES string of the molecule is CCC(C)(CC(C)(C)C(=O)OCCOc1ccccc1)C(=O)OC1C2CC3CC(C2)CC1C3.CCC(C)(CC(C)(C)C(=O)OCc1ccccc1)C(=O)OC1CCCCC1.CCC(C)(CC(C)(C)C(=O)OCc1ccccc1)C(=O)OC1CCCCC1.CCC(CC(C)(C)C(=O)OC1C2CC3CC(C2)CC1C3)c1ccc(C)cc1.CCC(CCl)(CC(C)(C)C(=O)OCc1ccccc1)C(=O)OC1(C)C2CC3CC(C2)CC1C3. The molecule has 0 saturated heterocycles. The molecule has 5 unspecified atom stereocenters. The normalized spacial score (nSPS) is 26.6. The number of carbonyl (C=O) groups is 9. The Hall–Kier alpha value is -8.58. The first kappa shape index (κ1) is 117. The minimum atomic E-state index is -0.908. The van der Waals surface area contributed by atoms with E-state index in [1.54, 1.807) is 0 Å². The van der Waals surface area contributed by atoms with Crippen molar-refractivity contribution in [3.63, 3.8) is 0 Å². The van der Waals surface area contributed by atoms with Crippen molar-refractivity contribution in [2.75, 3.05) is 19.1 Å². The largest absolute Gasteiger partial charge is 0.490 e. The summed E-state index contributed by atoms with van der Waals surface area (Å²) < 4.78 is 58.3. The molecular weight excluding hydrogens is 1860 g/mol. The van der Waals surface area contributed by atoms with Crippen LogP contribution in [0.2, 0.25) is 0 Å². The van der Waals surface area contributed by atoms with E-state index in [0.717, 1.165) is 122 Å². The molecule has 14 aliphatic carbocycles. The fraction of sp³-hybridized carbons (Fsp3) is 0.693. The van der Waals surface area contributed by atoms with E-state index in [1.807, 2.05) is 225 Å². The van der Waals surface area contributed by atoms with Crippen molar-refractivity contribution in [3.05, 3.63) is 173 Å². The maximum Gasteiger partial charge on any atom is 0.313 e. The third-order valence-electron chi connectivity index (χ3n) is 36.5. The van der Waals surface area contributed by atoms with Crippen LogP contribution in [0.4, 0.5) is 0 Å². The molecule has 0 aromatic heterocycles. The van der Waals surface area contributed by atoms with E-state index < -0.39 is 54.3 Å². The molecule has 0 heterocycles. The maximum atomic E-state index is 13.7. The van der Waals surface area contributed by atoms with Crippen LogP contribution in [-0.4, -0.2) is 103 Å². The lowest BCUT2D eigenvalue weighted by molar-refractivity contribution is -0.213. The predicted molar refractivity (Wildman–Crippen MR) is 578 cm³/mol. The number of rotatable bonds is 41. The maximum absolute atomic E-state index is 13.7. The van der Waals surface area contributed by atoms with Gasteiger partial charge in [-0.3, -0.25) is 43.2 Å². The van der Waals surface area contributed by atoms with Crippen LogP contribution in [0.1, 0.15) is 390 Å². The van der Waals surface area contributed by atoms with Crippen molar-refractivity contribution >= 4 is 65.3 Å². The predicted octanol–water partition coefficient (Wildman–Crippen LogP) is 29.5. The van der Waals surface area contributed by atoms with Gasteiger partial charge in [0.25, 0.3) is 0 Å². The number of aryl methyl sites for hydroxylation is 1. The molecule has 812 valence electrons. The molecule has 19 rings (SSSR count). The number of carbonyl (C=O) groups excluding carboxylic acids is 9. The van der Waals surface area contributed by atoms with Crippen LogP contribution in [0, 0.1) is 127 Å². The molecule has 0 spiro atoms. The molecule has 0 N–H and O–H groups in total. The number of benzene rings is 5. The molecule has 19 nitrogen and oxygen atoms in total. The van der Waals surface area contributed by atoms with Gasteiger partial charge in [-0.25, -0.2) is 0 Å². The molecule has 0 radical (unpaired) electrons. The minimum Gasteiger partial charge on any atom is -0.490 e. The van der Waals surface area contributed by atoms with E-state index in [0.29, 0.717) is 99.4 Å². The van der Waals surface area contributed by atoms with Gasteiger partial charge in [0.15, 0.2) is 0 Å². The second-order valence-electron chi connectivity index (χ2n) is 51.1. The lowest BCUT2D eigenvalue weighted by Crippen LogP contribution is -2.59. The summed E-state index contributed by atoms with van der Waals surface area (Å²) in [6.07, 6.45) is 35.9. The van der Waals surface area contributed by atoms with Crippen LogP contribution in [-0.2, 0) is 106 Å². The summed E-state index contributed by atoms with van der Waals surface area (Å²) in [5.41, 5.74) is -1.52. The van der Waals surface area contributed by atoms with Crippen LogP contribution in [0.3, 0.4) is 0 Å². The summed E-state index contributed by atoms with van der Waals surface area (Å²) in [5, 5.41) is 0. The molecule has 14 aliphatic rings. The summed E-state index contributed by atoms with van der Waals surface area (Å²) in [7, 11) is 0. The average Bonchev–Trinajstić information content (AvgIpc) is 0.722. The highest BCUT2D eigenvalue weighted by molar-refractivity contribution is 6.19. The highest BCUT2D eigenvalue weighted by Crippen LogP contribution is 2.62. The molecule has 0 aliphatic heterocycles. The number of halogens is 1. The Morgan fingerprint density at radius 2 is 0.660 bits per heavy atom. The molecule has 20 heteroatoms. The Kier molecular flexibility index (Phi) is 41.2. The first-order chi connectivity index (χ1) is 69.7. The van der Waals surface area contributed by atoms with Crippen molar-refractivity contribution < 1.29 is 90.5 Å². The van der Waals surface area contributed by atoms with Crippen LogP contribution in [0.25, 0.3) is 0 Å². The van der Waals surface area contributed by atoms with Gasteiger partial charge in [-0.1, -0.05) is 186 Å². The second-order valence-corrected chi connectivity index (χ2v) is 51.4. The highest BCUT2D eigenvalue weighted by atomic mass is 35.5. The summed E-state index contributed by atoms with van der Waals surface area (Å²) in [5.74, 6) is 7.80. The molecule has 0 amide bonds. The molecule has 5 atom stereocenters. The monoisotopic (exact) mass is 2050 g/mol. The van der Waals surface area contributed by atoms with E-state index in [1.165, 1.54) is 120 Å². The molecule has 147 heavy (non-hydrogen) atoms. The molecular formula is C127H183ClO19. The first-order valence-electron chi connectivity index (χ1n) is 56.9. The average molecular weight is 2050 g/mol. The summed E-state index contributed by atoms with van der Waals surface area (Å²) in [6.45, 7) is 40.4. The fourth-order valence-electron chi connectivity index (χ4n) is 27.7. The highest BCUT2D eigenvalue weighted by Gasteiger charge is 2.60. The third kappa shape index (κ3) is 31.2. The molecule has 5 aromatic carbocycles. The zero-order valence-electron chi connectivity index (χ0n) is 93.3. The smallest absolute Gasteiger partial charge is 0.313 e. The summed E-state index contributed by atoms with van der Waals surface area (Å²) in [6, 6.07) is 47.2. The van der Waals surface area contributed by atoms with Crippen molar-refractivity contribution in [3.8, 4) is 5.75 Å². The lowest BCUT2D eigenvalue weighted by atomic mass is 9.50. The molecule has 14 saturated carbocycles. The molecule has 14 fully saturated rings. The minimum absolute atomic E-state index is 0.0327. The van der Waals surface area contributed by atoms with Gasteiger partial charge in [-0.2, -0.15) is 0 Å². The number of hydrogen-bond acceptors (Lipinski definition) is 19. The van der Waals surface area contributed by atoms with Crippen LogP contribution in [0.15, 0.2) is 146 Å². The number of alkyl halides is 1. The Labute approximate surface area is 887 Å². The number of para-hydroxylation sites is 1. The topological polar surface area (TPSA) is 246 Å². The summed E-state index contributed by atoms with van der Waals surface area (Å²) >= 11 is 6.46. The van der Waals surface area contributed by atoms with E-state index in [4.69, 9.17) is 59.0 Å². The Morgan fingerprint density at radius 3 is 0.993 bits per heavy atom. The number of ether oxygens (including phenoxy) is 10. The van der Waals surface area contributed by atoms with E-state index in [2.05, 4.69) is 58.9 Å². The van der Waals surface area contributed by atoms with Crippen molar-refractivity contribution in [1.29, 1.82) is 0 Å². The van der Waals surface area contributed by atoms with Gasteiger partial charge >= 0.3 is 53.7 Å². The van der Waals surface area contributed by atoms with Crippen molar-refractivity contribution in [2.24, 2.45) is 120 Å². The van der Waals surface area contributed by atoms with E-state index >= 15 is 0 Å².